The van der Waals surface area contributed by atoms with Gasteiger partial charge in [-0.15, -0.1) is 0 Å². The van der Waals surface area contributed by atoms with Crippen molar-refractivity contribution in [3.63, 3.8) is 0 Å². The number of carbonyl (C=O) groups is 1. The molecular weight excluding hydrogens is 232 g/mol. The van der Waals surface area contributed by atoms with Crippen molar-refractivity contribution in [2.24, 2.45) is 5.92 Å². The van der Waals surface area contributed by atoms with Crippen LogP contribution in [0.4, 0.5) is 0 Å². The Balaban J connectivity index is 2.07. The van der Waals surface area contributed by atoms with Crippen molar-refractivity contribution >= 4 is 5.91 Å². The highest BCUT2D eigenvalue weighted by atomic mass is 16.5. The van der Waals surface area contributed by atoms with Crippen molar-refractivity contribution < 1.29 is 14.6 Å². The average Bonchev–Trinajstić information content (AvgIpc) is 2.85. The van der Waals surface area contributed by atoms with Gasteiger partial charge in [0.15, 0.2) is 0 Å². The standard InChI is InChI=1S/C13H18N2O3/c1-18-12-7-14-6-5-10(12)13(17)15-11-4-2-3-9(11)8-16/h5-7,9,11,16H,2-4,8H2,1H3,(H,15,17). The molecule has 1 aromatic rings. The SMILES string of the molecule is COc1cnccc1C(=O)NC1CCCC1CO. The predicted molar refractivity (Wildman–Crippen MR) is 66.5 cm³/mol. The van der Waals surface area contributed by atoms with Crippen LogP contribution >= 0.6 is 0 Å². The third-order valence-electron chi connectivity index (χ3n) is 3.46. The first-order valence-electron chi connectivity index (χ1n) is 6.16. The molecule has 1 saturated carbocycles. The summed E-state index contributed by atoms with van der Waals surface area (Å²) in [6.07, 6.45) is 6.02. The molecule has 0 bridgehead atoms. The number of aromatic nitrogens is 1. The Morgan fingerprint density at radius 3 is 3.17 bits per heavy atom. The van der Waals surface area contributed by atoms with E-state index in [1.165, 1.54) is 13.3 Å². The van der Waals surface area contributed by atoms with Gasteiger partial charge in [0.1, 0.15) is 5.75 Å². The molecule has 1 fully saturated rings. The van der Waals surface area contributed by atoms with E-state index in [0.717, 1.165) is 19.3 Å². The summed E-state index contributed by atoms with van der Waals surface area (Å²) in [4.78, 5) is 16.1. The molecular formula is C13H18N2O3. The average molecular weight is 250 g/mol. The zero-order chi connectivity index (χ0) is 13.0. The van der Waals surface area contributed by atoms with E-state index in [1.807, 2.05) is 0 Å². The van der Waals surface area contributed by atoms with E-state index in [1.54, 1.807) is 12.3 Å². The van der Waals surface area contributed by atoms with E-state index in [0.29, 0.717) is 11.3 Å². The lowest BCUT2D eigenvalue weighted by Crippen LogP contribution is -2.38. The molecule has 98 valence electrons. The molecule has 2 N–H and O–H groups in total. The molecule has 0 aromatic carbocycles. The van der Waals surface area contributed by atoms with Gasteiger partial charge in [0, 0.05) is 24.8 Å². The minimum atomic E-state index is -0.167. The minimum absolute atomic E-state index is 0.0559. The first-order valence-corrected chi connectivity index (χ1v) is 6.16. The lowest BCUT2D eigenvalue weighted by Gasteiger charge is -2.19. The summed E-state index contributed by atoms with van der Waals surface area (Å²) in [5.41, 5.74) is 0.482. The number of carbonyl (C=O) groups excluding carboxylic acids is 1. The van der Waals surface area contributed by atoms with Crippen LogP contribution in [0.15, 0.2) is 18.5 Å². The molecule has 18 heavy (non-hydrogen) atoms. The third kappa shape index (κ3) is 2.61. The topological polar surface area (TPSA) is 71.5 Å². The van der Waals surface area contributed by atoms with E-state index in [9.17, 15) is 9.90 Å². The number of amides is 1. The van der Waals surface area contributed by atoms with Crippen molar-refractivity contribution in [2.75, 3.05) is 13.7 Å². The highest BCUT2D eigenvalue weighted by Crippen LogP contribution is 2.26. The van der Waals surface area contributed by atoms with E-state index in [-0.39, 0.29) is 24.5 Å². The number of ether oxygens (including phenoxy) is 1. The summed E-state index contributed by atoms with van der Waals surface area (Å²) in [5.74, 6) is 0.468. The number of aliphatic hydroxyl groups excluding tert-OH is 1. The van der Waals surface area contributed by atoms with Gasteiger partial charge in [-0.1, -0.05) is 6.42 Å². The van der Waals surface area contributed by atoms with Gasteiger partial charge in [0.05, 0.1) is 18.9 Å². The Kier molecular flexibility index (Phi) is 4.15. The fourth-order valence-electron chi connectivity index (χ4n) is 2.42. The van der Waals surface area contributed by atoms with Crippen LogP contribution in [0.5, 0.6) is 5.75 Å². The van der Waals surface area contributed by atoms with E-state index in [4.69, 9.17) is 4.74 Å². The van der Waals surface area contributed by atoms with Crippen LogP contribution in [-0.2, 0) is 0 Å². The molecule has 1 aliphatic rings. The van der Waals surface area contributed by atoms with Gasteiger partial charge in [0.2, 0.25) is 0 Å². The molecule has 0 saturated heterocycles. The zero-order valence-electron chi connectivity index (χ0n) is 10.4. The number of nitrogens with zero attached hydrogens (tertiary/aromatic N) is 1. The van der Waals surface area contributed by atoms with Crippen LogP contribution in [0.1, 0.15) is 29.6 Å². The zero-order valence-corrected chi connectivity index (χ0v) is 10.4. The number of pyridine rings is 1. The Morgan fingerprint density at radius 2 is 2.44 bits per heavy atom. The first-order chi connectivity index (χ1) is 8.76. The molecule has 1 aliphatic carbocycles. The van der Waals surface area contributed by atoms with Crippen LogP contribution in [0.3, 0.4) is 0 Å². The summed E-state index contributed by atoms with van der Waals surface area (Å²) in [5, 5.41) is 12.2. The Hall–Kier alpha value is -1.62. The lowest BCUT2D eigenvalue weighted by atomic mass is 10.0. The summed E-state index contributed by atoms with van der Waals surface area (Å²) in [6, 6.07) is 1.69. The van der Waals surface area contributed by atoms with Crippen LogP contribution < -0.4 is 10.1 Å². The number of aliphatic hydroxyl groups is 1. The smallest absolute Gasteiger partial charge is 0.255 e. The van der Waals surface area contributed by atoms with E-state index >= 15 is 0 Å². The molecule has 5 heteroatoms. The van der Waals surface area contributed by atoms with Crippen molar-refractivity contribution in [3.8, 4) is 5.75 Å². The maximum Gasteiger partial charge on any atom is 0.255 e. The predicted octanol–water partition coefficient (Wildman–Crippen LogP) is 0.981. The highest BCUT2D eigenvalue weighted by Gasteiger charge is 2.28. The first kappa shape index (κ1) is 12.8. The van der Waals surface area contributed by atoms with Crippen LogP contribution in [-0.4, -0.2) is 35.8 Å². The van der Waals surface area contributed by atoms with Gasteiger partial charge in [0.25, 0.3) is 5.91 Å². The molecule has 0 spiro atoms. The third-order valence-corrected chi connectivity index (χ3v) is 3.46. The second-order valence-electron chi connectivity index (χ2n) is 4.53. The largest absolute Gasteiger partial charge is 0.494 e. The monoisotopic (exact) mass is 250 g/mol. The highest BCUT2D eigenvalue weighted by molar-refractivity contribution is 5.96. The van der Waals surface area contributed by atoms with E-state index in [2.05, 4.69) is 10.3 Å². The fraction of sp³-hybridized carbons (Fsp3) is 0.538. The number of hydrogen-bond acceptors (Lipinski definition) is 4. The van der Waals surface area contributed by atoms with Gasteiger partial charge in [-0.2, -0.15) is 0 Å². The normalized spacial score (nSPS) is 22.8. The second-order valence-corrected chi connectivity index (χ2v) is 4.53. The van der Waals surface area contributed by atoms with Crippen LogP contribution in [0.25, 0.3) is 0 Å². The number of rotatable bonds is 4. The molecule has 2 rings (SSSR count). The summed E-state index contributed by atoms with van der Waals surface area (Å²) >= 11 is 0. The Labute approximate surface area is 106 Å². The Bertz CT molecular complexity index is 422. The summed E-state index contributed by atoms with van der Waals surface area (Å²) in [7, 11) is 1.51. The van der Waals surface area contributed by atoms with Crippen molar-refractivity contribution in [2.45, 2.75) is 25.3 Å². The molecule has 1 amide bonds. The molecule has 5 nitrogen and oxygen atoms in total. The van der Waals surface area contributed by atoms with Crippen molar-refractivity contribution in [3.05, 3.63) is 24.0 Å². The van der Waals surface area contributed by atoms with E-state index < -0.39 is 0 Å². The molecule has 0 radical (unpaired) electrons. The minimum Gasteiger partial charge on any atom is -0.494 e. The van der Waals surface area contributed by atoms with Gasteiger partial charge in [-0.3, -0.25) is 9.78 Å². The van der Waals surface area contributed by atoms with Gasteiger partial charge in [-0.05, 0) is 18.9 Å². The molecule has 2 atom stereocenters. The van der Waals surface area contributed by atoms with Crippen molar-refractivity contribution in [1.82, 2.24) is 10.3 Å². The summed E-state index contributed by atoms with van der Waals surface area (Å²) < 4.78 is 5.11. The maximum absolute atomic E-state index is 12.1. The molecule has 1 heterocycles. The van der Waals surface area contributed by atoms with Gasteiger partial charge < -0.3 is 15.2 Å². The summed E-state index contributed by atoms with van der Waals surface area (Å²) in [6.45, 7) is 0.123. The fourth-order valence-corrected chi connectivity index (χ4v) is 2.42. The molecule has 2 unspecified atom stereocenters. The Morgan fingerprint density at radius 1 is 1.61 bits per heavy atom. The quantitative estimate of drug-likeness (QED) is 0.835. The van der Waals surface area contributed by atoms with Crippen LogP contribution in [0.2, 0.25) is 0 Å². The number of methoxy groups -OCH3 is 1. The number of nitrogens with one attached hydrogen (secondary N) is 1. The van der Waals surface area contributed by atoms with Crippen molar-refractivity contribution in [1.29, 1.82) is 0 Å². The lowest BCUT2D eigenvalue weighted by molar-refractivity contribution is 0.0913. The van der Waals surface area contributed by atoms with Gasteiger partial charge >= 0.3 is 0 Å². The molecule has 1 aromatic heterocycles. The maximum atomic E-state index is 12.1. The van der Waals surface area contributed by atoms with Crippen LogP contribution in [0, 0.1) is 5.92 Å². The second kappa shape index (κ2) is 5.82. The number of hydrogen-bond donors (Lipinski definition) is 2. The molecule has 0 aliphatic heterocycles. The van der Waals surface area contributed by atoms with Gasteiger partial charge in [-0.25, -0.2) is 0 Å².